The van der Waals surface area contributed by atoms with E-state index in [4.69, 9.17) is 11.8 Å². The van der Waals surface area contributed by atoms with Crippen molar-refractivity contribution in [3.05, 3.63) is 0 Å². The summed E-state index contributed by atoms with van der Waals surface area (Å²) in [6.07, 6.45) is 3.93. The number of nitrogens with zero attached hydrogens (tertiary/aromatic N) is 1. The minimum Gasteiger partial charge on any atom is -0.220 e. The summed E-state index contributed by atoms with van der Waals surface area (Å²) in [5.41, 5.74) is 0. The van der Waals surface area contributed by atoms with Gasteiger partial charge in [0.25, 0.3) is 0 Å². The van der Waals surface area contributed by atoms with Gasteiger partial charge in [-0.1, -0.05) is 6.42 Å². The van der Waals surface area contributed by atoms with Gasteiger partial charge in [-0.05, 0) is 24.6 Å². The predicted octanol–water partition coefficient (Wildman–Crippen LogP) is 1.62. The summed E-state index contributed by atoms with van der Waals surface area (Å²) >= 11 is 5.65. The fourth-order valence-corrected chi connectivity index (χ4v) is 1.09. The molecule has 1 saturated heterocycles. The van der Waals surface area contributed by atoms with Crippen LogP contribution in [-0.4, -0.2) is 17.5 Å². The molecule has 1 heterocycles. The zero-order valence-corrected chi connectivity index (χ0v) is 7.58. The third-order valence-corrected chi connectivity index (χ3v) is 1.64. The molecule has 0 N–H and O–H groups in total. The van der Waals surface area contributed by atoms with Gasteiger partial charge in [0, 0.05) is 35.5 Å². The van der Waals surface area contributed by atoms with Crippen LogP contribution in [0.3, 0.4) is 0 Å². The minimum absolute atomic E-state index is 0. The van der Waals surface area contributed by atoms with Crippen molar-refractivity contribution in [3.8, 4) is 0 Å². The summed E-state index contributed by atoms with van der Waals surface area (Å²) in [4.78, 5) is 0. The second kappa shape index (κ2) is 4.83. The number of piperidine rings is 1. The van der Waals surface area contributed by atoms with E-state index in [1.807, 2.05) is 4.42 Å². The van der Waals surface area contributed by atoms with Crippen molar-refractivity contribution in [2.75, 3.05) is 13.1 Å². The van der Waals surface area contributed by atoms with Crippen molar-refractivity contribution in [2.24, 2.45) is 0 Å². The third-order valence-electron chi connectivity index (χ3n) is 1.30. The van der Waals surface area contributed by atoms with Crippen LogP contribution in [0.4, 0.5) is 0 Å². The molecule has 0 aromatic heterocycles. The van der Waals surface area contributed by atoms with Gasteiger partial charge in [-0.2, -0.15) is 0 Å². The second-order valence-electron chi connectivity index (χ2n) is 1.97. The maximum atomic E-state index is 5.65. The van der Waals surface area contributed by atoms with E-state index in [-0.39, 0.29) is 22.4 Å². The Kier molecular flexibility index (Phi) is 5.43. The Morgan fingerprint density at radius 1 is 1.00 bits per heavy atom. The van der Waals surface area contributed by atoms with Gasteiger partial charge in [-0.25, -0.2) is 4.42 Å². The topological polar surface area (TPSA) is 3.24 Å². The molecule has 0 unspecified atom stereocenters. The molecule has 1 aliphatic heterocycles. The maximum Gasteiger partial charge on any atom is 0.0139 e. The Morgan fingerprint density at radius 3 is 1.75 bits per heavy atom. The molecule has 3 heteroatoms. The molecule has 1 rings (SSSR count). The summed E-state index contributed by atoms with van der Waals surface area (Å²) < 4.78 is 1.86. The van der Waals surface area contributed by atoms with Crippen LogP contribution in [0.2, 0.25) is 0 Å². The normalized spacial score (nSPS) is 22.1. The molecule has 0 aromatic rings. The molecule has 0 spiro atoms. The van der Waals surface area contributed by atoms with Crippen molar-refractivity contribution in [3.63, 3.8) is 0 Å². The molecule has 0 atom stereocenters. The van der Waals surface area contributed by atoms with Gasteiger partial charge in [-0.3, -0.25) is 0 Å². The van der Waals surface area contributed by atoms with Crippen molar-refractivity contribution >= 4 is 11.8 Å². The molecule has 0 aromatic carbocycles. The van der Waals surface area contributed by atoms with Crippen LogP contribution >= 0.6 is 11.8 Å². The van der Waals surface area contributed by atoms with Crippen LogP contribution in [0.1, 0.15) is 19.3 Å². The quantitative estimate of drug-likeness (QED) is 0.485. The SMILES string of the molecule is ClN1CCCCC1.[Au]. The van der Waals surface area contributed by atoms with Crippen LogP contribution in [-0.2, 0) is 22.4 Å². The van der Waals surface area contributed by atoms with Gasteiger partial charge in [-0.15, -0.1) is 0 Å². The monoisotopic (exact) mass is 316 g/mol. The van der Waals surface area contributed by atoms with Crippen molar-refractivity contribution in [2.45, 2.75) is 19.3 Å². The first-order valence-electron chi connectivity index (χ1n) is 2.80. The zero-order chi connectivity index (χ0) is 5.11. The number of hydrogen-bond acceptors (Lipinski definition) is 1. The van der Waals surface area contributed by atoms with E-state index >= 15 is 0 Å². The van der Waals surface area contributed by atoms with Crippen LogP contribution in [0, 0.1) is 0 Å². The average Bonchev–Trinajstić information content (AvgIpc) is 1.69. The van der Waals surface area contributed by atoms with E-state index in [1.165, 1.54) is 19.3 Å². The molecule has 0 saturated carbocycles. The van der Waals surface area contributed by atoms with E-state index in [0.717, 1.165) is 13.1 Å². The Balaban J connectivity index is 0.000000490. The molecule has 0 aliphatic carbocycles. The van der Waals surface area contributed by atoms with E-state index < -0.39 is 0 Å². The first-order chi connectivity index (χ1) is 3.39. The summed E-state index contributed by atoms with van der Waals surface area (Å²) in [7, 11) is 0. The van der Waals surface area contributed by atoms with Gasteiger partial charge >= 0.3 is 0 Å². The minimum atomic E-state index is 0. The van der Waals surface area contributed by atoms with Gasteiger partial charge in [0.15, 0.2) is 0 Å². The van der Waals surface area contributed by atoms with E-state index in [0.29, 0.717) is 0 Å². The molecule has 1 nitrogen and oxygen atoms in total. The Labute approximate surface area is 71.0 Å². The molecule has 8 heavy (non-hydrogen) atoms. The summed E-state index contributed by atoms with van der Waals surface area (Å²) in [5.74, 6) is 0. The molecule has 1 radical (unpaired) electrons. The Bertz CT molecular complexity index is 54.4. The van der Waals surface area contributed by atoms with Crippen molar-refractivity contribution in [1.82, 2.24) is 4.42 Å². The van der Waals surface area contributed by atoms with Crippen LogP contribution < -0.4 is 0 Å². The Hall–Kier alpha value is 0.990. The molecule has 0 bridgehead atoms. The molecule has 0 amide bonds. The molecule has 53 valence electrons. The smallest absolute Gasteiger partial charge is 0.0139 e. The molecule has 1 aliphatic rings. The molecular formula is C5H10AuClN. The zero-order valence-electron chi connectivity index (χ0n) is 4.66. The second-order valence-corrected chi connectivity index (χ2v) is 2.45. The van der Waals surface area contributed by atoms with E-state index in [9.17, 15) is 0 Å². The summed E-state index contributed by atoms with van der Waals surface area (Å²) in [6, 6.07) is 0. The fraction of sp³-hybridized carbons (Fsp3) is 1.00. The van der Waals surface area contributed by atoms with E-state index in [2.05, 4.69) is 0 Å². The van der Waals surface area contributed by atoms with Gasteiger partial charge in [0.2, 0.25) is 0 Å². The predicted molar refractivity (Wildman–Crippen MR) is 31.3 cm³/mol. The van der Waals surface area contributed by atoms with Gasteiger partial charge in [0.05, 0.1) is 0 Å². The molecule has 1 fully saturated rings. The standard InChI is InChI=1S/C5H10ClN.Au/c6-7-4-2-1-3-5-7;/h1-5H2;. The van der Waals surface area contributed by atoms with Crippen LogP contribution in [0.25, 0.3) is 0 Å². The first kappa shape index (κ1) is 8.99. The largest absolute Gasteiger partial charge is 0.220 e. The average molecular weight is 317 g/mol. The third kappa shape index (κ3) is 3.10. The summed E-state index contributed by atoms with van der Waals surface area (Å²) in [6.45, 7) is 2.17. The van der Waals surface area contributed by atoms with Crippen LogP contribution in [0.15, 0.2) is 0 Å². The van der Waals surface area contributed by atoms with Crippen LogP contribution in [0.5, 0.6) is 0 Å². The number of rotatable bonds is 0. The molecular weight excluding hydrogens is 306 g/mol. The first-order valence-corrected chi connectivity index (χ1v) is 3.14. The van der Waals surface area contributed by atoms with E-state index in [1.54, 1.807) is 0 Å². The number of hydrogen-bond donors (Lipinski definition) is 0. The summed E-state index contributed by atoms with van der Waals surface area (Å²) in [5, 5.41) is 0. The number of halogens is 1. The fourth-order valence-electron chi connectivity index (χ4n) is 0.855. The van der Waals surface area contributed by atoms with Crippen molar-refractivity contribution in [1.29, 1.82) is 0 Å². The van der Waals surface area contributed by atoms with Gasteiger partial charge < -0.3 is 0 Å². The van der Waals surface area contributed by atoms with Crippen molar-refractivity contribution < 1.29 is 22.4 Å². The van der Waals surface area contributed by atoms with Gasteiger partial charge in [0.1, 0.15) is 0 Å². The Morgan fingerprint density at radius 2 is 1.50 bits per heavy atom. The maximum absolute atomic E-state index is 5.65.